The van der Waals surface area contributed by atoms with Crippen molar-refractivity contribution in [2.45, 2.75) is 50.0 Å². The van der Waals surface area contributed by atoms with Gasteiger partial charge in [-0.15, -0.1) is 0 Å². The van der Waals surface area contributed by atoms with Crippen molar-refractivity contribution < 1.29 is 5.11 Å². The molecule has 1 heterocycles. The number of fused-ring (bicyclic) bond motifs is 1. The Kier molecular flexibility index (Phi) is 2.71. The van der Waals surface area contributed by atoms with Gasteiger partial charge in [0, 0.05) is 18.0 Å². The molecule has 0 unspecified atom stereocenters. The summed E-state index contributed by atoms with van der Waals surface area (Å²) in [5.41, 5.74) is 3.63. The van der Waals surface area contributed by atoms with Gasteiger partial charge in [0.2, 0.25) is 0 Å². The number of aliphatic hydroxyl groups is 1. The standard InChI is InChI=1S/C17H23NO/c19-12-18-10-9-17-8-4-3-7-15(17)16(18)11-13-5-1-2-6-14(13)17/h1-2,5-6,15-16,19H,3-4,7-12H2/t15-,16+,17-/m0/s1. The minimum atomic E-state index is 0.236. The van der Waals surface area contributed by atoms with Gasteiger partial charge in [0.25, 0.3) is 0 Å². The maximum atomic E-state index is 9.66. The van der Waals surface area contributed by atoms with Gasteiger partial charge in [0.15, 0.2) is 0 Å². The Bertz CT molecular complexity index is 486. The fraction of sp³-hybridized carbons (Fsp3) is 0.647. The zero-order chi connectivity index (χ0) is 12.9. The Morgan fingerprint density at radius 1 is 1.21 bits per heavy atom. The van der Waals surface area contributed by atoms with Crippen molar-refractivity contribution >= 4 is 0 Å². The van der Waals surface area contributed by atoms with Crippen LogP contribution in [0.3, 0.4) is 0 Å². The number of hydrogen-bond acceptors (Lipinski definition) is 2. The summed E-state index contributed by atoms with van der Waals surface area (Å²) >= 11 is 0. The third kappa shape index (κ3) is 1.56. The lowest BCUT2D eigenvalue weighted by Crippen LogP contribution is -2.60. The molecule has 4 rings (SSSR count). The third-order valence-corrected chi connectivity index (χ3v) is 6.04. The van der Waals surface area contributed by atoms with Gasteiger partial charge in [-0.05, 0) is 42.7 Å². The molecule has 3 atom stereocenters. The Morgan fingerprint density at radius 2 is 2.11 bits per heavy atom. The highest BCUT2D eigenvalue weighted by Gasteiger charge is 2.53. The second kappa shape index (κ2) is 4.32. The quantitative estimate of drug-likeness (QED) is 0.836. The molecule has 0 amide bonds. The summed E-state index contributed by atoms with van der Waals surface area (Å²) < 4.78 is 0. The van der Waals surface area contributed by atoms with Gasteiger partial charge in [-0.3, -0.25) is 4.90 Å². The van der Waals surface area contributed by atoms with Gasteiger partial charge in [0.05, 0.1) is 6.73 Å². The smallest absolute Gasteiger partial charge is 0.0959 e. The van der Waals surface area contributed by atoms with Crippen LogP contribution in [0.1, 0.15) is 43.2 Å². The summed E-state index contributed by atoms with van der Waals surface area (Å²) in [6.45, 7) is 1.31. The summed E-state index contributed by atoms with van der Waals surface area (Å²) in [6, 6.07) is 9.68. The molecule has 1 saturated heterocycles. The Labute approximate surface area is 115 Å². The van der Waals surface area contributed by atoms with Gasteiger partial charge < -0.3 is 5.11 Å². The number of nitrogens with zero attached hydrogens (tertiary/aromatic N) is 1. The van der Waals surface area contributed by atoms with Gasteiger partial charge in [-0.25, -0.2) is 0 Å². The normalized spacial score (nSPS) is 37.5. The van der Waals surface area contributed by atoms with Crippen molar-refractivity contribution in [3.63, 3.8) is 0 Å². The van der Waals surface area contributed by atoms with Crippen LogP contribution in [0.5, 0.6) is 0 Å². The lowest BCUT2D eigenvalue weighted by molar-refractivity contribution is -0.0496. The van der Waals surface area contributed by atoms with Gasteiger partial charge in [-0.2, -0.15) is 0 Å². The van der Waals surface area contributed by atoms with E-state index in [1.165, 1.54) is 32.1 Å². The predicted molar refractivity (Wildman–Crippen MR) is 76.0 cm³/mol. The number of rotatable bonds is 1. The molecule has 1 aromatic rings. The van der Waals surface area contributed by atoms with E-state index in [9.17, 15) is 5.11 Å². The monoisotopic (exact) mass is 257 g/mol. The molecule has 1 saturated carbocycles. The summed E-state index contributed by atoms with van der Waals surface area (Å²) in [5.74, 6) is 0.775. The first kappa shape index (κ1) is 11.9. The van der Waals surface area contributed by atoms with E-state index < -0.39 is 0 Å². The van der Waals surface area contributed by atoms with Crippen LogP contribution in [0.15, 0.2) is 24.3 Å². The number of aliphatic hydroxyl groups excluding tert-OH is 1. The van der Waals surface area contributed by atoms with Crippen molar-refractivity contribution in [3.8, 4) is 0 Å². The summed E-state index contributed by atoms with van der Waals surface area (Å²) in [7, 11) is 0. The average molecular weight is 257 g/mol. The van der Waals surface area contributed by atoms with Crippen molar-refractivity contribution in [3.05, 3.63) is 35.4 Å². The molecule has 1 aliphatic heterocycles. The second-order valence-electron chi connectivity index (χ2n) is 6.64. The Balaban J connectivity index is 1.86. The molecule has 0 radical (unpaired) electrons. The number of benzene rings is 1. The third-order valence-electron chi connectivity index (χ3n) is 6.04. The molecule has 2 nitrogen and oxygen atoms in total. The lowest BCUT2D eigenvalue weighted by atomic mass is 9.52. The first-order chi connectivity index (χ1) is 9.35. The van der Waals surface area contributed by atoms with Crippen LogP contribution in [-0.2, 0) is 11.8 Å². The lowest BCUT2D eigenvalue weighted by Gasteiger charge is -2.58. The van der Waals surface area contributed by atoms with Gasteiger partial charge in [0.1, 0.15) is 0 Å². The minimum Gasteiger partial charge on any atom is -0.381 e. The minimum absolute atomic E-state index is 0.236. The largest absolute Gasteiger partial charge is 0.381 e. The van der Waals surface area contributed by atoms with E-state index in [1.54, 1.807) is 11.1 Å². The maximum Gasteiger partial charge on any atom is 0.0959 e. The summed E-state index contributed by atoms with van der Waals surface area (Å²) in [6.07, 6.45) is 7.87. The maximum absolute atomic E-state index is 9.66. The van der Waals surface area contributed by atoms with Crippen LogP contribution in [-0.4, -0.2) is 29.3 Å². The molecule has 2 heteroatoms. The van der Waals surface area contributed by atoms with Crippen LogP contribution < -0.4 is 0 Å². The van der Waals surface area contributed by atoms with E-state index >= 15 is 0 Å². The molecule has 19 heavy (non-hydrogen) atoms. The first-order valence-corrected chi connectivity index (χ1v) is 7.78. The number of piperidine rings is 1. The summed E-state index contributed by atoms with van der Waals surface area (Å²) in [5, 5.41) is 9.66. The number of hydrogen-bond donors (Lipinski definition) is 1. The van der Waals surface area contributed by atoms with Crippen LogP contribution in [0, 0.1) is 5.92 Å². The molecule has 2 bridgehead atoms. The summed E-state index contributed by atoms with van der Waals surface area (Å²) in [4.78, 5) is 2.32. The van der Waals surface area contributed by atoms with E-state index in [1.807, 2.05) is 0 Å². The van der Waals surface area contributed by atoms with E-state index in [4.69, 9.17) is 0 Å². The van der Waals surface area contributed by atoms with Gasteiger partial charge in [-0.1, -0.05) is 37.1 Å². The van der Waals surface area contributed by atoms with E-state index in [2.05, 4.69) is 29.2 Å². The Hall–Kier alpha value is -0.860. The SMILES string of the molecule is OCN1CC[C@]23CCCC[C@H]2[C@H]1Cc1ccccc13. The fourth-order valence-corrected chi connectivity index (χ4v) is 5.23. The van der Waals surface area contributed by atoms with Crippen LogP contribution in [0.2, 0.25) is 0 Å². The zero-order valence-electron chi connectivity index (χ0n) is 11.5. The predicted octanol–water partition coefficient (Wildman–Crippen LogP) is 2.69. The first-order valence-electron chi connectivity index (χ1n) is 7.78. The van der Waals surface area contributed by atoms with E-state index in [-0.39, 0.29) is 6.73 Å². The van der Waals surface area contributed by atoms with Gasteiger partial charge >= 0.3 is 0 Å². The van der Waals surface area contributed by atoms with Crippen molar-refractivity contribution in [2.24, 2.45) is 5.92 Å². The molecule has 2 aliphatic carbocycles. The number of likely N-dealkylation sites (tertiary alicyclic amines) is 1. The van der Waals surface area contributed by atoms with Crippen molar-refractivity contribution in [1.29, 1.82) is 0 Å². The van der Waals surface area contributed by atoms with Crippen molar-refractivity contribution in [2.75, 3.05) is 13.3 Å². The zero-order valence-corrected chi connectivity index (χ0v) is 11.5. The highest BCUT2D eigenvalue weighted by atomic mass is 16.3. The molecule has 0 aromatic heterocycles. The van der Waals surface area contributed by atoms with Crippen LogP contribution >= 0.6 is 0 Å². The van der Waals surface area contributed by atoms with Crippen LogP contribution in [0.25, 0.3) is 0 Å². The molecule has 3 aliphatic rings. The average Bonchev–Trinajstić information content (AvgIpc) is 2.47. The van der Waals surface area contributed by atoms with E-state index in [0.29, 0.717) is 11.5 Å². The second-order valence-corrected chi connectivity index (χ2v) is 6.64. The molecule has 1 aromatic carbocycles. The highest BCUT2D eigenvalue weighted by Crippen LogP contribution is 2.55. The molecule has 0 spiro atoms. The molecular weight excluding hydrogens is 234 g/mol. The molecular formula is C17H23NO. The molecule has 1 N–H and O–H groups in total. The Morgan fingerprint density at radius 3 is 3.00 bits per heavy atom. The topological polar surface area (TPSA) is 23.5 Å². The highest BCUT2D eigenvalue weighted by molar-refractivity contribution is 5.41. The fourth-order valence-electron chi connectivity index (χ4n) is 5.23. The van der Waals surface area contributed by atoms with Crippen molar-refractivity contribution in [1.82, 2.24) is 4.90 Å². The molecule has 102 valence electrons. The molecule has 2 fully saturated rings. The van der Waals surface area contributed by atoms with E-state index in [0.717, 1.165) is 18.9 Å². The van der Waals surface area contributed by atoms with Crippen LogP contribution in [0.4, 0.5) is 0 Å².